The van der Waals surface area contributed by atoms with E-state index in [1.807, 2.05) is 0 Å². The number of carbonyl (C=O) groups excluding carboxylic acids is 1. The van der Waals surface area contributed by atoms with Gasteiger partial charge in [0.2, 0.25) is 0 Å². The molecule has 1 aromatic carbocycles. The molecule has 0 unspecified atom stereocenters. The van der Waals surface area contributed by atoms with E-state index in [4.69, 9.17) is 4.74 Å². The first-order valence-electron chi connectivity index (χ1n) is 8.40. The van der Waals surface area contributed by atoms with Gasteiger partial charge in [-0.15, -0.1) is 0 Å². The Labute approximate surface area is 133 Å². The lowest BCUT2D eigenvalue weighted by Gasteiger charge is -2.40. The van der Waals surface area contributed by atoms with Crippen LogP contribution in [0.2, 0.25) is 0 Å². The minimum absolute atomic E-state index is 0.0814. The lowest BCUT2D eigenvalue weighted by atomic mass is 9.89. The summed E-state index contributed by atoms with van der Waals surface area (Å²) in [6.45, 7) is 3.55. The van der Waals surface area contributed by atoms with E-state index >= 15 is 0 Å². The molecule has 2 atom stereocenters. The summed E-state index contributed by atoms with van der Waals surface area (Å²) in [6, 6.07) is 11.0. The highest BCUT2D eigenvalue weighted by molar-refractivity contribution is 5.67. The predicted octanol–water partition coefficient (Wildman–Crippen LogP) is 3.65. The summed E-state index contributed by atoms with van der Waals surface area (Å²) < 4.78 is 5.57. The van der Waals surface area contributed by atoms with E-state index in [1.165, 1.54) is 30.9 Å². The van der Waals surface area contributed by atoms with Crippen LogP contribution in [0.25, 0.3) is 5.57 Å². The van der Waals surface area contributed by atoms with Gasteiger partial charge in [-0.2, -0.15) is 0 Å². The normalized spacial score (nSPS) is 26.3. The van der Waals surface area contributed by atoms with E-state index < -0.39 is 0 Å². The van der Waals surface area contributed by atoms with Gasteiger partial charge in [0.25, 0.3) is 0 Å². The summed E-state index contributed by atoms with van der Waals surface area (Å²) in [5, 5.41) is 0. The Morgan fingerprint density at radius 2 is 1.95 bits per heavy atom. The Balaban J connectivity index is 1.66. The third-order valence-corrected chi connectivity index (χ3v) is 4.84. The zero-order valence-electron chi connectivity index (χ0n) is 13.3. The third-order valence-electron chi connectivity index (χ3n) is 4.84. The van der Waals surface area contributed by atoms with Crippen LogP contribution < -0.4 is 0 Å². The molecule has 0 bridgehead atoms. The molecule has 1 aliphatic heterocycles. The fourth-order valence-corrected chi connectivity index (χ4v) is 3.75. The predicted molar refractivity (Wildman–Crippen MR) is 88.4 cm³/mol. The standard InChI is InChI=1S/C19H25NO2/c1-15(21)22-19-10-6-5-9-18(19)20-13-11-17(12-14-20)16-7-3-2-4-8-16/h2-4,7-8,11,18-19H,5-6,9-10,12-14H2,1H3/t18-,19-/m1/s1. The molecule has 1 aliphatic carbocycles. The van der Waals surface area contributed by atoms with Crippen molar-refractivity contribution in [1.82, 2.24) is 4.90 Å². The first-order valence-corrected chi connectivity index (χ1v) is 8.40. The van der Waals surface area contributed by atoms with Gasteiger partial charge in [-0.1, -0.05) is 42.8 Å². The fourth-order valence-electron chi connectivity index (χ4n) is 3.75. The van der Waals surface area contributed by atoms with Crippen molar-refractivity contribution in [3.05, 3.63) is 42.0 Å². The van der Waals surface area contributed by atoms with Crippen LogP contribution in [0.4, 0.5) is 0 Å². The molecule has 0 aromatic heterocycles. The molecule has 0 spiro atoms. The molecule has 0 amide bonds. The average molecular weight is 299 g/mol. The van der Waals surface area contributed by atoms with Crippen LogP contribution in [0.5, 0.6) is 0 Å². The molecule has 22 heavy (non-hydrogen) atoms. The highest BCUT2D eigenvalue weighted by Crippen LogP contribution is 2.30. The summed E-state index contributed by atoms with van der Waals surface area (Å²) in [6.07, 6.45) is 8.08. The molecule has 2 aliphatic rings. The second-order valence-corrected chi connectivity index (χ2v) is 6.34. The van der Waals surface area contributed by atoms with Crippen molar-refractivity contribution in [3.63, 3.8) is 0 Å². The second kappa shape index (κ2) is 7.10. The third kappa shape index (κ3) is 3.58. The fraction of sp³-hybridized carbons (Fsp3) is 0.526. The monoisotopic (exact) mass is 299 g/mol. The molecular formula is C19H25NO2. The molecule has 1 heterocycles. The zero-order chi connectivity index (χ0) is 15.4. The number of carbonyl (C=O) groups is 1. The molecular weight excluding hydrogens is 274 g/mol. The van der Waals surface area contributed by atoms with Gasteiger partial charge in [0.1, 0.15) is 6.10 Å². The summed E-state index contributed by atoms with van der Waals surface area (Å²) in [5.74, 6) is -0.144. The van der Waals surface area contributed by atoms with Crippen LogP contribution >= 0.6 is 0 Å². The van der Waals surface area contributed by atoms with E-state index in [9.17, 15) is 4.79 Å². The maximum Gasteiger partial charge on any atom is 0.302 e. The Bertz CT molecular complexity index is 538. The topological polar surface area (TPSA) is 29.5 Å². The number of nitrogens with zero attached hydrogens (tertiary/aromatic N) is 1. The van der Waals surface area contributed by atoms with Gasteiger partial charge in [-0.3, -0.25) is 9.69 Å². The van der Waals surface area contributed by atoms with E-state index in [0.29, 0.717) is 6.04 Å². The van der Waals surface area contributed by atoms with Crippen molar-refractivity contribution < 1.29 is 9.53 Å². The molecule has 118 valence electrons. The van der Waals surface area contributed by atoms with E-state index in [0.717, 1.165) is 32.4 Å². The van der Waals surface area contributed by atoms with Gasteiger partial charge < -0.3 is 4.74 Å². The first-order chi connectivity index (χ1) is 10.7. The van der Waals surface area contributed by atoms with Crippen LogP contribution in [0.3, 0.4) is 0 Å². The molecule has 1 aromatic rings. The Morgan fingerprint density at radius 1 is 1.18 bits per heavy atom. The van der Waals surface area contributed by atoms with E-state index in [1.54, 1.807) is 0 Å². The largest absolute Gasteiger partial charge is 0.461 e. The van der Waals surface area contributed by atoms with Crippen molar-refractivity contribution in [3.8, 4) is 0 Å². The summed E-state index contributed by atoms with van der Waals surface area (Å²) >= 11 is 0. The van der Waals surface area contributed by atoms with E-state index in [2.05, 4.69) is 41.3 Å². The molecule has 3 heteroatoms. The Morgan fingerprint density at radius 3 is 2.64 bits per heavy atom. The van der Waals surface area contributed by atoms with Crippen LogP contribution in [0, 0.1) is 0 Å². The van der Waals surface area contributed by atoms with Crippen molar-refractivity contribution >= 4 is 11.5 Å². The highest BCUT2D eigenvalue weighted by atomic mass is 16.5. The summed E-state index contributed by atoms with van der Waals surface area (Å²) in [7, 11) is 0. The van der Waals surface area contributed by atoms with Gasteiger partial charge in [0.05, 0.1) is 0 Å². The number of hydrogen-bond acceptors (Lipinski definition) is 3. The molecule has 3 nitrogen and oxygen atoms in total. The lowest BCUT2D eigenvalue weighted by molar-refractivity contribution is -0.151. The van der Waals surface area contributed by atoms with Crippen LogP contribution in [0.1, 0.15) is 44.6 Å². The van der Waals surface area contributed by atoms with Crippen LogP contribution in [-0.4, -0.2) is 36.1 Å². The van der Waals surface area contributed by atoms with Gasteiger partial charge in [0.15, 0.2) is 0 Å². The van der Waals surface area contributed by atoms with Crippen molar-refractivity contribution in [2.24, 2.45) is 0 Å². The Hall–Kier alpha value is -1.61. The maximum absolute atomic E-state index is 11.3. The number of benzene rings is 1. The second-order valence-electron chi connectivity index (χ2n) is 6.34. The summed E-state index contributed by atoms with van der Waals surface area (Å²) in [4.78, 5) is 13.8. The maximum atomic E-state index is 11.3. The molecule has 0 N–H and O–H groups in total. The Kier molecular flexibility index (Phi) is 4.94. The first kappa shape index (κ1) is 15.3. The molecule has 1 fully saturated rings. The molecule has 3 rings (SSSR count). The van der Waals surface area contributed by atoms with Crippen molar-refractivity contribution in [2.75, 3.05) is 13.1 Å². The SMILES string of the molecule is CC(=O)O[C@@H]1CCCC[C@H]1N1CC=C(c2ccccc2)CC1. The number of esters is 1. The quantitative estimate of drug-likeness (QED) is 0.798. The molecule has 0 saturated heterocycles. The minimum atomic E-state index is -0.144. The van der Waals surface area contributed by atoms with Gasteiger partial charge >= 0.3 is 5.97 Å². The van der Waals surface area contributed by atoms with E-state index in [-0.39, 0.29) is 12.1 Å². The number of ether oxygens (including phenoxy) is 1. The minimum Gasteiger partial charge on any atom is -0.461 e. The highest BCUT2D eigenvalue weighted by Gasteiger charge is 2.32. The zero-order valence-corrected chi connectivity index (χ0v) is 13.3. The van der Waals surface area contributed by atoms with Gasteiger partial charge in [-0.25, -0.2) is 0 Å². The van der Waals surface area contributed by atoms with Crippen molar-refractivity contribution in [1.29, 1.82) is 0 Å². The molecule has 0 radical (unpaired) electrons. The van der Waals surface area contributed by atoms with Crippen LogP contribution in [-0.2, 0) is 9.53 Å². The lowest BCUT2D eigenvalue weighted by Crippen LogP contribution is -2.48. The summed E-state index contributed by atoms with van der Waals surface area (Å²) in [5.41, 5.74) is 2.78. The van der Waals surface area contributed by atoms with Gasteiger partial charge in [-0.05, 0) is 36.8 Å². The molecule has 1 saturated carbocycles. The number of hydrogen-bond donors (Lipinski definition) is 0. The average Bonchev–Trinajstić information content (AvgIpc) is 2.56. The smallest absolute Gasteiger partial charge is 0.302 e. The van der Waals surface area contributed by atoms with Gasteiger partial charge in [0, 0.05) is 26.1 Å². The number of rotatable bonds is 3. The van der Waals surface area contributed by atoms with Crippen molar-refractivity contribution in [2.45, 2.75) is 51.2 Å². The van der Waals surface area contributed by atoms with Crippen LogP contribution in [0.15, 0.2) is 36.4 Å².